The van der Waals surface area contributed by atoms with Crippen LogP contribution in [0.3, 0.4) is 0 Å². The molecule has 0 bridgehead atoms. The molecule has 3 heterocycles. The first-order valence-electron chi connectivity index (χ1n) is 6.25. The number of imidazole rings is 1. The Kier molecular flexibility index (Phi) is 2.90. The van der Waals surface area contributed by atoms with Gasteiger partial charge in [0.1, 0.15) is 0 Å². The van der Waals surface area contributed by atoms with Gasteiger partial charge in [0.25, 0.3) is 0 Å². The van der Waals surface area contributed by atoms with Crippen LogP contribution >= 0.6 is 0 Å². The lowest BCUT2D eigenvalue weighted by molar-refractivity contribution is 0.920. The molecule has 6 heteroatoms. The Hall–Kier alpha value is -2.76. The van der Waals surface area contributed by atoms with E-state index in [0.717, 1.165) is 28.2 Å². The summed E-state index contributed by atoms with van der Waals surface area (Å²) in [5.74, 6) is 0.278. The SMILES string of the molecule is C/C=C(/c1ccc2nccn2n1)c1cnc(N)nc1C. The summed E-state index contributed by atoms with van der Waals surface area (Å²) in [6.07, 6.45) is 7.26. The molecule has 3 aromatic rings. The minimum Gasteiger partial charge on any atom is -0.368 e. The first kappa shape index (κ1) is 12.3. The minimum atomic E-state index is 0.278. The first-order valence-corrected chi connectivity index (χ1v) is 6.25. The number of rotatable bonds is 2. The number of hydrogen-bond acceptors (Lipinski definition) is 5. The molecule has 0 aromatic carbocycles. The van der Waals surface area contributed by atoms with E-state index in [-0.39, 0.29) is 5.95 Å². The molecule has 0 atom stereocenters. The predicted molar refractivity (Wildman–Crippen MR) is 76.9 cm³/mol. The first-order chi connectivity index (χ1) is 9.69. The lowest BCUT2D eigenvalue weighted by Gasteiger charge is -2.09. The smallest absolute Gasteiger partial charge is 0.220 e. The number of nitrogen functional groups attached to an aromatic ring is 1. The summed E-state index contributed by atoms with van der Waals surface area (Å²) in [6.45, 7) is 3.87. The standard InChI is InChI=1S/C14H14N6/c1-3-10(11-8-17-14(15)18-9(11)2)12-4-5-13-16-6-7-20(13)19-12/h3-8H,1-2H3,(H2,15,17,18)/b10-3+. The van der Waals surface area contributed by atoms with Crippen LogP contribution in [0.5, 0.6) is 0 Å². The molecule has 0 aliphatic heterocycles. The average molecular weight is 266 g/mol. The van der Waals surface area contributed by atoms with E-state index in [9.17, 15) is 0 Å². The average Bonchev–Trinajstić information content (AvgIpc) is 2.89. The third-order valence-corrected chi connectivity index (χ3v) is 3.11. The fourth-order valence-corrected chi connectivity index (χ4v) is 2.15. The van der Waals surface area contributed by atoms with E-state index in [1.54, 1.807) is 16.9 Å². The second kappa shape index (κ2) is 4.73. The van der Waals surface area contributed by atoms with Crippen LogP contribution in [0.25, 0.3) is 11.2 Å². The van der Waals surface area contributed by atoms with Gasteiger partial charge in [0.05, 0.1) is 11.4 Å². The van der Waals surface area contributed by atoms with Crippen molar-refractivity contribution in [2.24, 2.45) is 0 Å². The fraction of sp³-hybridized carbons (Fsp3) is 0.143. The molecular formula is C14H14N6. The molecule has 0 saturated heterocycles. The van der Waals surface area contributed by atoms with Crippen LogP contribution in [0, 0.1) is 6.92 Å². The lowest BCUT2D eigenvalue weighted by atomic mass is 10.0. The van der Waals surface area contributed by atoms with Crippen LogP contribution in [0.15, 0.2) is 36.8 Å². The molecule has 0 radical (unpaired) electrons. The van der Waals surface area contributed by atoms with Gasteiger partial charge in [-0.2, -0.15) is 5.10 Å². The molecule has 0 aliphatic rings. The normalized spacial score (nSPS) is 12.0. The maximum absolute atomic E-state index is 5.60. The van der Waals surface area contributed by atoms with Gasteiger partial charge in [0, 0.05) is 29.7 Å². The van der Waals surface area contributed by atoms with Crippen molar-refractivity contribution in [1.82, 2.24) is 24.6 Å². The van der Waals surface area contributed by atoms with Crippen molar-refractivity contribution >= 4 is 17.2 Å². The third-order valence-electron chi connectivity index (χ3n) is 3.11. The van der Waals surface area contributed by atoms with Crippen LogP contribution in [0.2, 0.25) is 0 Å². The number of fused-ring (bicyclic) bond motifs is 1. The summed E-state index contributed by atoms with van der Waals surface area (Å²) in [5, 5.41) is 4.55. The molecule has 3 rings (SSSR count). The van der Waals surface area contributed by atoms with Crippen LogP contribution in [0.4, 0.5) is 5.95 Å². The van der Waals surface area contributed by atoms with Gasteiger partial charge in [-0.25, -0.2) is 19.5 Å². The summed E-state index contributed by atoms with van der Waals surface area (Å²) < 4.78 is 1.74. The summed E-state index contributed by atoms with van der Waals surface area (Å²) >= 11 is 0. The predicted octanol–water partition coefficient (Wildman–Crippen LogP) is 1.86. The van der Waals surface area contributed by atoms with Crippen LogP contribution in [-0.2, 0) is 0 Å². The van der Waals surface area contributed by atoms with E-state index in [0.29, 0.717) is 0 Å². The number of aryl methyl sites for hydroxylation is 1. The number of allylic oxidation sites excluding steroid dienone is 1. The third kappa shape index (κ3) is 2.01. The highest BCUT2D eigenvalue weighted by Crippen LogP contribution is 2.23. The second-order valence-electron chi connectivity index (χ2n) is 4.38. The van der Waals surface area contributed by atoms with E-state index in [1.165, 1.54) is 0 Å². The largest absolute Gasteiger partial charge is 0.368 e. The van der Waals surface area contributed by atoms with E-state index in [4.69, 9.17) is 5.73 Å². The molecular weight excluding hydrogens is 252 g/mol. The molecule has 2 N–H and O–H groups in total. The topological polar surface area (TPSA) is 82.0 Å². The fourth-order valence-electron chi connectivity index (χ4n) is 2.15. The maximum Gasteiger partial charge on any atom is 0.220 e. The van der Waals surface area contributed by atoms with Crippen molar-refractivity contribution in [1.29, 1.82) is 0 Å². The highest BCUT2D eigenvalue weighted by atomic mass is 15.2. The highest BCUT2D eigenvalue weighted by Gasteiger charge is 2.11. The Bertz CT molecular complexity index is 802. The quantitative estimate of drug-likeness (QED) is 0.765. The second-order valence-corrected chi connectivity index (χ2v) is 4.38. The van der Waals surface area contributed by atoms with Gasteiger partial charge >= 0.3 is 0 Å². The number of aromatic nitrogens is 5. The molecule has 0 aliphatic carbocycles. The Balaban J connectivity index is 2.13. The van der Waals surface area contributed by atoms with Gasteiger partial charge in [-0.05, 0) is 26.0 Å². The van der Waals surface area contributed by atoms with E-state index in [1.807, 2.05) is 38.3 Å². The van der Waals surface area contributed by atoms with Crippen molar-refractivity contribution in [3.8, 4) is 0 Å². The molecule has 3 aromatic heterocycles. The molecule has 6 nitrogen and oxygen atoms in total. The number of anilines is 1. The zero-order valence-electron chi connectivity index (χ0n) is 11.3. The van der Waals surface area contributed by atoms with Crippen molar-refractivity contribution in [2.45, 2.75) is 13.8 Å². The Morgan fingerprint density at radius 3 is 2.90 bits per heavy atom. The Morgan fingerprint density at radius 1 is 1.30 bits per heavy atom. The van der Waals surface area contributed by atoms with E-state index < -0.39 is 0 Å². The van der Waals surface area contributed by atoms with Crippen LogP contribution in [-0.4, -0.2) is 24.6 Å². The molecule has 0 spiro atoms. The summed E-state index contributed by atoms with van der Waals surface area (Å²) in [4.78, 5) is 12.5. The zero-order chi connectivity index (χ0) is 14.1. The van der Waals surface area contributed by atoms with Crippen molar-refractivity contribution in [2.75, 3.05) is 5.73 Å². The summed E-state index contributed by atoms with van der Waals surface area (Å²) in [6, 6.07) is 3.87. The number of hydrogen-bond donors (Lipinski definition) is 1. The highest BCUT2D eigenvalue weighted by molar-refractivity contribution is 5.78. The number of nitrogens with two attached hydrogens (primary N) is 1. The van der Waals surface area contributed by atoms with Crippen LogP contribution in [0.1, 0.15) is 23.9 Å². The van der Waals surface area contributed by atoms with Gasteiger partial charge < -0.3 is 5.73 Å². The zero-order valence-corrected chi connectivity index (χ0v) is 11.3. The Labute approximate surface area is 116 Å². The van der Waals surface area contributed by atoms with Crippen molar-refractivity contribution in [3.63, 3.8) is 0 Å². The van der Waals surface area contributed by atoms with E-state index in [2.05, 4.69) is 20.1 Å². The van der Waals surface area contributed by atoms with Gasteiger partial charge in [-0.15, -0.1) is 0 Å². The van der Waals surface area contributed by atoms with E-state index >= 15 is 0 Å². The van der Waals surface area contributed by atoms with Crippen molar-refractivity contribution in [3.05, 3.63) is 53.8 Å². The van der Waals surface area contributed by atoms with Crippen LogP contribution < -0.4 is 5.73 Å². The number of nitrogens with zero attached hydrogens (tertiary/aromatic N) is 5. The molecule has 20 heavy (non-hydrogen) atoms. The molecule has 0 fully saturated rings. The van der Waals surface area contributed by atoms with Gasteiger partial charge in [0.2, 0.25) is 5.95 Å². The molecule has 0 unspecified atom stereocenters. The Morgan fingerprint density at radius 2 is 2.15 bits per heavy atom. The van der Waals surface area contributed by atoms with Crippen molar-refractivity contribution < 1.29 is 0 Å². The lowest BCUT2D eigenvalue weighted by Crippen LogP contribution is -2.03. The van der Waals surface area contributed by atoms with Gasteiger partial charge in [0.15, 0.2) is 5.65 Å². The van der Waals surface area contributed by atoms with Gasteiger partial charge in [-0.3, -0.25) is 0 Å². The summed E-state index contributed by atoms with van der Waals surface area (Å²) in [7, 11) is 0. The molecule has 100 valence electrons. The molecule has 0 amide bonds. The molecule has 0 saturated carbocycles. The summed E-state index contributed by atoms with van der Waals surface area (Å²) in [5.41, 5.74) is 9.98. The minimum absolute atomic E-state index is 0.278. The maximum atomic E-state index is 5.60. The monoisotopic (exact) mass is 266 g/mol. The van der Waals surface area contributed by atoms with Gasteiger partial charge in [-0.1, -0.05) is 6.08 Å².